The molecule has 2 nitrogen and oxygen atoms in total. The van der Waals surface area contributed by atoms with Crippen molar-refractivity contribution in [3.05, 3.63) is 63.6 Å². The molecule has 104 valence electrons. The maximum Gasteiger partial charge on any atom is 0.343 e. The number of rotatable bonds is 3. The van der Waals surface area contributed by atoms with Crippen molar-refractivity contribution < 1.29 is 9.53 Å². The van der Waals surface area contributed by atoms with Gasteiger partial charge in [-0.05, 0) is 41.8 Å². The normalized spacial score (nSPS) is 10.7. The maximum atomic E-state index is 12.0. The average molecular weight is 309 g/mol. The van der Waals surface area contributed by atoms with E-state index in [4.69, 9.17) is 27.9 Å². The molecule has 0 amide bonds. The van der Waals surface area contributed by atoms with Gasteiger partial charge in [0.1, 0.15) is 5.75 Å². The largest absolute Gasteiger partial charge is 0.423 e. The van der Waals surface area contributed by atoms with E-state index < -0.39 is 5.97 Å². The van der Waals surface area contributed by atoms with E-state index in [1.165, 1.54) is 11.6 Å². The predicted octanol–water partition coefficient (Wildman–Crippen LogP) is 5.34. The molecule has 0 unspecified atom stereocenters. The molecule has 0 saturated carbocycles. The Morgan fingerprint density at radius 3 is 2.20 bits per heavy atom. The summed E-state index contributed by atoms with van der Waals surface area (Å²) in [6.45, 7) is 4.22. The van der Waals surface area contributed by atoms with Gasteiger partial charge < -0.3 is 4.74 Å². The molecule has 0 fully saturated rings. The van der Waals surface area contributed by atoms with Gasteiger partial charge in [-0.25, -0.2) is 4.79 Å². The van der Waals surface area contributed by atoms with Gasteiger partial charge in [-0.2, -0.15) is 0 Å². The van der Waals surface area contributed by atoms with E-state index in [1.54, 1.807) is 24.3 Å². The van der Waals surface area contributed by atoms with Crippen LogP contribution in [0.25, 0.3) is 0 Å². The van der Waals surface area contributed by atoms with Crippen molar-refractivity contribution in [1.82, 2.24) is 0 Å². The van der Waals surface area contributed by atoms with Crippen molar-refractivity contribution in [2.75, 3.05) is 0 Å². The second-order valence-corrected chi connectivity index (χ2v) is 5.56. The number of carbonyl (C=O) groups excluding carboxylic acids is 1. The van der Waals surface area contributed by atoms with Gasteiger partial charge in [-0.3, -0.25) is 0 Å². The third kappa shape index (κ3) is 3.53. The van der Waals surface area contributed by atoms with Gasteiger partial charge in [-0.1, -0.05) is 49.2 Å². The molecule has 0 aliphatic heterocycles. The van der Waals surface area contributed by atoms with Crippen LogP contribution in [0.5, 0.6) is 5.75 Å². The van der Waals surface area contributed by atoms with Gasteiger partial charge in [0.25, 0.3) is 0 Å². The van der Waals surface area contributed by atoms with Gasteiger partial charge in [0, 0.05) is 0 Å². The molecule has 0 aliphatic carbocycles. The van der Waals surface area contributed by atoms with E-state index >= 15 is 0 Å². The van der Waals surface area contributed by atoms with Crippen LogP contribution in [0.15, 0.2) is 42.5 Å². The van der Waals surface area contributed by atoms with Crippen LogP contribution in [0.4, 0.5) is 0 Å². The molecule has 0 aliphatic rings. The van der Waals surface area contributed by atoms with Gasteiger partial charge in [0.05, 0.1) is 15.6 Å². The van der Waals surface area contributed by atoms with Crippen LogP contribution < -0.4 is 4.74 Å². The molecule has 2 aromatic rings. The van der Waals surface area contributed by atoms with Crippen LogP contribution in [0.2, 0.25) is 10.0 Å². The minimum atomic E-state index is -0.458. The Hall–Kier alpha value is -1.51. The van der Waals surface area contributed by atoms with Crippen LogP contribution in [-0.4, -0.2) is 5.97 Å². The molecule has 0 aromatic heterocycles. The number of hydrogen-bond donors (Lipinski definition) is 0. The van der Waals surface area contributed by atoms with E-state index in [-0.39, 0.29) is 0 Å². The molecule has 0 bridgehead atoms. The van der Waals surface area contributed by atoms with Gasteiger partial charge in [0.2, 0.25) is 0 Å². The van der Waals surface area contributed by atoms with Crippen molar-refractivity contribution in [1.29, 1.82) is 0 Å². The van der Waals surface area contributed by atoms with E-state index in [1.807, 2.05) is 12.1 Å². The van der Waals surface area contributed by atoms with Crippen molar-refractivity contribution >= 4 is 29.2 Å². The Kier molecular flexibility index (Phi) is 4.69. The fourth-order valence-corrected chi connectivity index (χ4v) is 2.01. The van der Waals surface area contributed by atoms with E-state index in [9.17, 15) is 4.79 Å². The smallest absolute Gasteiger partial charge is 0.343 e. The van der Waals surface area contributed by atoms with Gasteiger partial charge in [-0.15, -0.1) is 0 Å². The van der Waals surface area contributed by atoms with Crippen molar-refractivity contribution in [2.24, 2.45) is 0 Å². The Morgan fingerprint density at radius 2 is 1.65 bits per heavy atom. The summed E-state index contributed by atoms with van der Waals surface area (Å²) in [6, 6.07) is 12.1. The minimum Gasteiger partial charge on any atom is -0.423 e. The molecule has 4 heteroatoms. The molecule has 0 N–H and O–H groups in total. The molecule has 20 heavy (non-hydrogen) atoms. The lowest BCUT2D eigenvalue weighted by molar-refractivity contribution is 0.0735. The highest BCUT2D eigenvalue weighted by Gasteiger charge is 2.11. The molecule has 0 saturated heterocycles. The predicted molar refractivity (Wildman–Crippen MR) is 82.0 cm³/mol. The second-order valence-electron chi connectivity index (χ2n) is 4.74. The molecular formula is C16H14Cl2O2. The Morgan fingerprint density at radius 1 is 1.00 bits per heavy atom. The molecular weight excluding hydrogens is 295 g/mol. The number of esters is 1. The molecule has 2 aromatic carbocycles. The molecule has 0 spiro atoms. The number of halogens is 2. The average Bonchev–Trinajstić information content (AvgIpc) is 2.42. The first-order valence-electron chi connectivity index (χ1n) is 6.24. The second kappa shape index (κ2) is 6.29. The molecule has 0 radical (unpaired) electrons. The van der Waals surface area contributed by atoms with Crippen LogP contribution in [0.3, 0.4) is 0 Å². The zero-order valence-electron chi connectivity index (χ0n) is 11.2. The summed E-state index contributed by atoms with van der Waals surface area (Å²) in [7, 11) is 0. The first-order valence-corrected chi connectivity index (χ1v) is 7.00. The Bertz CT molecular complexity index is 619. The quantitative estimate of drug-likeness (QED) is 0.565. The lowest BCUT2D eigenvalue weighted by atomic mass is 10.0. The SMILES string of the molecule is CC(C)c1ccc(OC(=O)c2ccc(Cl)c(Cl)c2)cc1. The number of benzene rings is 2. The lowest BCUT2D eigenvalue weighted by Gasteiger charge is -2.08. The minimum absolute atomic E-state index is 0.330. The van der Waals surface area contributed by atoms with Crippen molar-refractivity contribution in [3.8, 4) is 5.75 Å². The summed E-state index contributed by atoms with van der Waals surface area (Å²) in [4.78, 5) is 12.0. The standard InChI is InChI=1S/C16H14Cl2O2/c1-10(2)11-3-6-13(7-4-11)20-16(19)12-5-8-14(17)15(18)9-12/h3-10H,1-2H3. The Labute approximate surface area is 128 Å². The van der Waals surface area contributed by atoms with Crippen molar-refractivity contribution in [2.45, 2.75) is 19.8 Å². The summed E-state index contributed by atoms with van der Waals surface area (Å²) < 4.78 is 5.29. The van der Waals surface area contributed by atoms with Crippen LogP contribution in [0.1, 0.15) is 35.7 Å². The molecule has 0 atom stereocenters. The lowest BCUT2D eigenvalue weighted by Crippen LogP contribution is -2.08. The highest BCUT2D eigenvalue weighted by atomic mass is 35.5. The van der Waals surface area contributed by atoms with Crippen LogP contribution >= 0.6 is 23.2 Å². The fraction of sp³-hybridized carbons (Fsp3) is 0.188. The highest BCUT2D eigenvalue weighted by Crippen LogP contribution is 2.24. The first-order chi connectivity index (χ1) is 9.47. The first kappa shape index (κ1) is 14.9. The maximum absolute atomic E-state index is 12.0. The van der Waals surface area contributed by atoms with Gasteiger partial charge in [0.15, 0.2) is 0 Å². The van der Waals surface area contributed by atoms with Crippen LogP contribution in [0, 0.1) is 0 Å². The number of carbonyl (C=O) groups is 1. The topological polar surface area (TPSA) is 26.3 Å². The summed E-state index contributed by atoms with van der Waals surface area (Å²) in [5, 5.41) is 0.737. The number of ether oxygens (including phenoxy) is 1. The zero-order valence-corrected chi connectivity index (χ0v) is 12.7. The summed E-state index contributed by atoms with van der Waals surface area (Å²) in [6.07, 6.45) is 0. The van der Waals surface area contributed by atoms with Crippen LogP contribution in [-0.2, 0) is 0 Å². The highest BCUT2D eigenvalue weighted by molar-refractivity contribution is 6.42. The van der Waals surface area contributed by atoms with E-state index in [0.29, 0.717) is 27.3 Å². The van der Waals surface area contributed by atoms with Gasteiger partial charge >= 0.3 is 5.97 Å². The number of hydrogen-bond acceptors (Lipinski definition) is 2. The third-order valence-electron chi connectivity index (χ3n) is 2.91. The molecule has 0 heterocycles. The monoisotopic (exact) mass is 308 g/mol. The summed E-state index contributed by atoms with van der Waals surface area (Å²) >= 11 is 11.7. The van der Waals surface area contributed by atoms with Crippen molar-refractivity contribution in [3.63, 3.8) is 0 Å². The van der Waals surface area contributed by atoms with E-state index in [0.717, 1.165) is 0 Å². The molecule has 2 rings (SSSR count). The fourth-order valence-electron chi connectivity index (χ4n) is 1.71. The van der Waals surface area contributed by atoms with E-state index in [2.05, 4.69) is 13.8 Å². The Balaban J connectivity index is 2.12. The zero-order chi connectivity index (χ0) is 14.7. The summed E-state index contributed by atoms with van der Waals surface area (Å²) in [5.41, 5.74) is 1.56. The summed E-state index contributed by atoms with van der Waals surface area (Å²) in [5.74, 6) is 0.487. The third-order valence-corrected chi connectivity index (χ3v) is 3.65.